The molecule has 0 aromatic heterocycles. The Bertz CT molecular complexity index is 987. The lowest BCUT2D eigenvalue weighted by molar-refractivity contribution is -0.125. The van der Waals surface area contributed by atoms with E-state index in [4.69, 9.17) is 0 Å². The van der Waals surface area contributed by atoms with E-state index >= 15 is 0 Å². The predicted molar refractivity (Wildman–Crippen MR) is 118 cm³/mol. The van der Waals surface area contributed by atoms with Crippen LogP contribution in [0.3, 0.4) is 0 Å². The Labute approximate surface area is 182 Å². The van der Waals surface area contributed by atoms with Crippen molar-refractivity contribution in [3.8, 4) is 0 Å². The van der Waals surface area contributed by atoms with Gasteiger partial charge in [0.2, 0.25) is 5.91 Å². The van der Waals surface area contributed by atoms with Crippen LogP contribution in [0.15, 0.2) is 42.5 Å². The number of halogens is 1. The van der Waals surface area contributed by atoms with E-state index < -0.39 is 6.04 Å². The molecule has 6 nitrogen and oxygen atoms in total. The monoisotopic (exact) mass is 424 g/mol. The molecule has 1 fully saturated rings. The molecule has 164 valence electrons. The smallest absolute Gasteiger partial charge is 0.255 e. The zero-order valence-corrected chi connectivity index (χ0v) is 18.3. The van der Waals surface area contributed by atoms with Gasteiger partial charge < -0.3 is 20.0 Å². The zero-order valence-electron chi connectivity index (χ0n) is 18.3. The molecule has 1 N–H and O–H groups in total. The number of carbonyl (C=O) groups is 2. The van der Waals surface area contributed by atoms with Crippen LogP contribution in [0, 0.1) is 5.82 Å². The van der Waals surface area contributed by atoms with Crippen LogP contribution in [0.2, 0.25) is 0 Å². The molecule has 1 saturated heterocycles. The fraction of sp³-hybridized carbons (Fsp3) is 0.417. The molecule has 2 heterocycles. The Morgan fingerprint density at radius 2 is 1.77 bits per heavy atom. The van der Waals surface area contributed by atoms with E-state index in [2.05, 4.69) is 22.2 Å². The highest BCUT2D eigenvalue weighted by Gasteiger charge is 2.34. The number of likely N-dealkylation sites (N-methyl/N-ethyl adjacent to an activating group) is 1. The van der Waals surface area contributed by atoms with Gasteiger partial charge in [0.15, 0.2) is 0 Å². The van der Waals surface area contributed by atoms with Crippen molar-refractivity contribution in [2.75, 3.05) is 38.1 Å². The van der Waals surface area contributed by atoms with Gasteiger partial charge in [-0.15, -0.1) is 0 Å². The van der Waals surface area contributed by atoms with Crippen LogP contribution < -0.4 is 10.2 Å². The average Bonchev–Trinajstić information content (AvgIpc) is 3.10. The molecule has 2 aliphatic rings. The maximum Gasteiger partial charge on any atom is 0.255 e. The van der Waals surface area contributed by atoms with Gasteiger partial charge >= 0.3 is 0 Å². The van der Waals surface area contributed by atoms with Crippen molar-refractivity contribution in [1.29, 1.82) is 0 Å². The lowest BCUT2D eigenvalue weighted by Gasteiger charge is -2.34. The quantitative estimate of drug-likeness (QED) is 0.802. The van der Waals surface area contributed by atoms with Crippen molar-refractivity contribution >= 4 is 17.5 Å². The second-order valence-corrected chi connectivity index (χ2v) is 8.53. The fourth-order valence-electron chi connectivity index (χ4n) is 4.24. The molecule has 2 aromatic rings. The van der Waals surface area contributed by atoms with Gasteiger partial charge in [0.1, 0.15) is 11.9 Å². The summed E-state index contributed by atoms with van der Waals surface area (Å²) in [6, 6.07) is 11.4. The van der Waals surface area contributed by atoms with Crippen LogP contribution in [-0.2, 0) is 11.3 Å². The number of hydrogen-bond donors (Lipinski definition) is 1. The van der Waals surface area contributed by atoms with Crippen LogP contribution in [-0.4, -0.2) is 60.9 Å². The third-order valence-electron chi connectivity index (χ3n) is 6.33. The maximum absolute atomic E-state index is 14.4. The number of anilines is 1. The van der Waals surface area contributed by atoms with Gasteiger partial charge in [0.25, 0.3) is 5.91 Å². The van der Waals surface area contributed by atoms with Crippen molar-refractivity contribution in [1.82, 2.24) is 15.1 Å². The summed E-state index contributed by atoms with van der Waals surface area (Å²) in [5, 5.41) is 2.96. The molecule has 4 rings (SSSR count). The minimum Gasteiger partial charge on any atom is -0.369 e. The molecule has 0 bridgehead atoms. The molecule has 31 heavy (non-hydrogen) atoms. The Morgan fingerprint density at radius 3 is 2.48 bits per heavy atom. The normalized spacial score (nSPS) is 18.6. The lowest BCUT2D eigenvalue weighted by Crippen LogP contribution is -2.46. The molecule has 2 amide bonds. The highest BCUT2D eigenvalue weighted by Crippen LogP contribution is 2.26. The van der Waals surface area contributed by atoms with Crippen LogP contribution in [0.1, 0.15) is 41.4 Å². The number of piperazine rings is 1. The first-order chi connectivity index (χ1) is 14.8. The summed E-state index contributed by atoms with van der Waals surface area (Å²) < 4.78 is 14.4. The van der Waals surface area contributed by atoms with Crippen LogP contribution >= 0.6 is 0 Å². The van der Waals surface area contributed by atoms with Gasteiger partial charge in [-0.3, -0.25) is 9.59 Å². The summed E-state index contributed by atoms with van der Waals surface area (Å²) in [6.45, 7) is 7.54. The molecule has 2 aliphatic heterocycles. The molecule has 2 aromatic carbocycles. The van der Waals surface area contributed by atoms with Crippen LogP contribution in [0.25, 0.3) is 0 Å². The lowest BCUT2D eigenvalue weighted by atomic mass is 10.1. The van der Waals surface area contributed by atoms with Crippen LogP contribution in [0.4, 0.5) is 10.1 Å². The van der Waals surface area contributed by atoms with Crippen molar-refractivity contribution < 1.29 is 14.0 Å². The standard InChI is InChI=1S/C24H29FN4O2/c1-16(19-12-20(25)14-21(13-19)28-10-8-27(3)9-11-28)26-23(30)17(2)29-15-18-6-4-5-7-22(18)24(29)31/h4-7,12-14,16-17H,8-11,15H2,1-3H3,(H,26,30)/t16-,17?/m1/s1. The predicted octanol–water partition coefficient (Wildman–Crippen LogP) is 2.80. The first-order valence-corrected chi connectivity index (χ1v) is 10.8. The van der Waals surface area contributed by atoms with Gasteiger partial charge in [-0.2, -0.15) is 0 Å². The number of rotatable bonds is 5. The highest BCUT2D eigenvalue weighted by molar-refractivity contribution is 6.01. The summed E-state index contributed by atoms with van der Waals surface area (Å²) in [4.78, 5) is 31.6. The average molecular weight is 425 g/mol. The topological polar surface area (TPSA) is 55.9 Å². The van der Waals surface area contributed by atoms with Gasteiger partial charge in [-0.05, 0) is 56.3 Å². The van der Waals surface area contributed by atoms with E-state index in [1.807, 2.05) is 31.2 Å². The summed E-state index contributed by atoms with van der Waals surface area (Å²) in [5.74, 6) is -0.696. The second-order valence-electron chi connectivity index (χ2n) is 8.53. The summed E-state index contributed by atoms with van der Waals surface area (Å²) in [7, 11) is 2.08. The Morgan fingerprint density at radius 1 is 1.06 bits per heavy atom. The number of fused-ring (bicyclic) bond motifs is 1. The minimum absolute atomic E-state index is 0.131. The summed E-state index contributed by atoms with van der Waals surface area (Å²) in [5.41, 5.74) is 3.13. The van der Waals surface area contributed by atoms with Crippen molar-refractivity contribution in [2.45, 2.75) is 32.5 Å². The molecule has 0 radical (unpaired) electrons. The highest BCUT2D eigenvalue weighted by atomic mass is 19.1. The zero-order chi connectivity index (χ0) is 22.1. The Hall–Kier alpha value is -2.93. The molecule has 7 heteroatoms. The number of nitrogens with zero attached hydrogens (tertiary/aromatic N) is 3. The van der Waals surface area contributed by atoms with Gasteiger partial charge in [0, 0.05) is 44.0 Å². The minimum atomic E-state index is -0.618. The third kappa shape index (κ3) is 4.42. The summed E-state index contributed by atoms with van der Waals surface area (Å²) >= 11 is 0. The summed E-state index contributed by atoms with van der Waals surface area (Å²) in [6.07, 6.45) is 0. The molecular weight excluding hydrogens is 395 g/mol. The largest absolute Gasteiger partial charge is 0.369 e. The number of benzene rings is 2. The van der Waals surface area contributed by atoms with Crippen molar-refractivity contribution in [3.05, 3.63) is 65.0 Å². The fourth-order valence-corrected chi connectivity index (χ4v) is 4.24. The first kappa shape index (κ1) is 21.3. The molecule has 0 saturated carbocycles. The molecule has 0 aliphatic carbocycles. The molecule has 2 atom stereocenters. The van der Waals surface area contributed by atoms with Gasteiger partial charge in [-0.1, -0.05) is 18.2 Å². The first-order valence-electron chi connectivity index (χ1n) is 10.8. The van der Waals surface area contributed by atoms with E-state index in [1.165, 1.54) is 6.07 Å². The number of nitrogens with one attached hydrogen (secondary N) is 1. The SMILES string of the molecule is CC(C(=O)N[C@H](C)c1cc(F)cc(N2CCN(C)CC2)c1)N1Cc2ccccc2C1=O. The van der Waals surface area contributed by atoms with E-state index in [0.717, 1.165) is 37.4 Å². The molecule has 1 unspecified atom stereocenters. The van der Waals surface area contributed by atoms with Gasteiger partial charge in [-0.25, -0.2) is 4.39 Å². The Balaban J connectivity index is 1.44. The van der Waals surface area contributed by atoms with Gasteiger partial charge in [0.05, 0.1) is 6.04 Å². The third-order valence-corrected chi connectivity index (χ3v) is 6.33. The van der Waals surface area contributed by atoms with Crippen molar-refractivity contribution in [2.24, 2.45) is 0 Å². The van der Waals surface area contributed by atoms with Crippen molar-refractivity contribution in [3.63, 3.8) is 0 Å². The van der Waals surface area contributed by atoms with E-state index in [9.17, 15) is 14.0 Å². The van der Waals surface area contributed by atoms with Crippen LogP contribution in [0.5, 0.6) is 0 Å². The molecule has 0 spiro atoms. The number of amides is 2. The van der Waals surface area contributed by atoms with E-state index in [-0.39, 0.29) is 23.7 Å². The second kappa shape index (κ2) is 8.67. The van der Waals surface area contributed by atoms with E-state index in [1.54, 1.807) is 24.0 Å². The Kier molecular flexibility index (Phi) is 5.96. The number of hydrogen-bond acceptors (Lipinski definition) is 4. The number of carbonyl (C=O) groups excluding carboxylic acids is 2. The molecular formula is C24H29FN4O2. The van der Waals surface area contributed by atoms with E-state index in [0.29, 0.717) is 17.7 Å². The maximum atomic E-state index is 14.4.